The van der Waals surface area contributed by atoms with Crippen molar-refractivity contribution in [2.75, 3.05) is 5.32 Å². The minimum absolute atomic E-state index is 0.0809. The molecule has 5 rings (SSSR count). The molecule has 4 aromatic rings. The number of nitrogens with one attached hydrogen (secondary N) is 1. The van der Waals surface area contributed by atoms with E-state index in [1.165, 1.54) is 0 Å². The van der Waals surface area contributed by atoms with Gasteiger partial charge in [-0.3, -0.25) is 9.67 Å². The Balaban J connectivity index is 1.33. The molecule has 7 nitrogen and oxygen atoms in total. The van der Waals surface area contributed by atoms with Gasteiger partial charge in [-0.2, -0.15) is 5.10 Å². The molecule has 0 radical (unpaired) electrons. The maximum atomic E-state index is 10.2. The number of hydrogen-bond acceptors (Lipinski definition) is 7. The number of nitrogens with zero attached hydrogens (tertiary/aromatic N) is 4. The summed E-state index contributed by atoms with van der Waals surface area (Å²) in [5.74, 6) is 1.48. The first kappa shape index (κ1) is 20.0. The summed E-state index contributed by atoms with van der Waals surface area (Å²) in [5, 5.41) is 18.8. The largest absolute Gasteiger partial charge is 0.457 e. The van der Waals surface area contributed by atoms with Crippen LogP contribution in [0.5, 0.6) is 11.5 Å². The molecule has 1 aromatic carbocycles. The summed E-state index contributed by atoms with van der Waals surface area (Å²) < 4.78 is 9.03. The molecule has 0 bridgehead atoms. The second-order valence-electron chi connectivity index (χ2n) is 7.81. The van der Waals surface area contributed by atoms with E-state index in [9.17, 15) is 5.11 Å². The van der Waals surface area contributed by atoms with Crippen LogP contribution in [0.1, 0.15) is 32.6 Å². The van der Waals surface area contributed by atoms with Gasteiger partial charge in [-0.15, -0.1) is 0 Å². The molecule has 160 valence electrons. The molecule has 2 N–H and O–H groups in total. The van der Waals surface area contributed by atoms with Gasteiger partial charge in [0.05, 0.1) is 34.3 Å². The maximum Gasteiger partial charge on any atom is 0.184 e. The zero-order chi connectivity index (χ0) is 21.2. The maximum absolute atomic E-state index is 10.2. The minimum atomic E-state index is -0.301. The summed E-state index contributed by atoms with van der Waals surface area (Å²) in [5.41, 5.74) is 2.71. The number of anilines is 1. The molecule has 1 aliphatic carbocycles. The number of thiazole rings is 1. The SMILES string of the molecule is CCn1cc(-c2cc(Oc3ccc4nc(N[C@H]5CCCC[C@@H]5O)sc4c3)ccn2)cn1. The fourth-order valence-corrected chi connectivity index (χ4v) is 4.86. The van der Waals surface area contributed by atoms with Crippen molar-refractivity contribution in [3.05, 3.63) is 48.9 Å². The van der Waals surface area contributed by atoms with E-state index in [4.69, 9.17) is 4.74 Å². The number of benzene rings is 1. The zero-order valence-electron chi connectivity index (χ0n) is 17.4. The molecule has 0 saturated heterocycles. The van der Waals surface area contributed by atoms with Gasteiger partial charge in [0, 0.05) is 36.6 Å². The van der Waals surface area contributed by atoms with E-state index in [1.54, 1.807) is 17.5 Å². The lowest BCUT2D eigenvalue weighted by molar-refractivity contribution is 0.116. The monoisotopic (exact) mass is 435 g/mol. The molecule has 3 heterocycles. The fraction of sp³-hybridized carbons (Fsp3) is 0.348. The van der Waals surface area contributed by atoms with Gasteiger partial charge >= 0.3 is 0 Å². The number of aryl methyl sites for hydroxylation is 1. The number of ether oxygens (including phenoxy) is 1. The second kappa shape index (κ2) is 8.64. The first-order valence-electron chi connectivity index (χ1n) is 10.7. The van der Waals surface area contributed by atoms with Crippen LogP contribution in [0.25, 0.3) is 21.5 Å². The highest BCUT2D eigenvalue weighted by Crippen LogP contribution is 2.33. The van der Waals surface area contributed by atoms with Crippen LogP contribution in [0.4, 0.5) is 5.13 Å². The Morgan fingerprint density at radius 1 is 1.19 bits per heavy atom. The second-order valence-corrected chi connectivity index (χ2v) is 8.85. The van der Waals surface area contributed by atoms with Crippen LogP contribution in [0.3, 0.4) is 0 Å². The first-order valence-corrected chi connectivity index (χ1v) is 11.5. The first-order chi connectivity index (χ1) is 15.2. The summed E-state index contributed by atoms with van der Waals surface area (Å²) in [6.07, 6.45) is 9.31. The number of pyridine rings is 1. The van der Waals surface area contributed by atoms with Crippen molar-refractivity contribution in [1.82, 2.24) is 19.7 Å². The van der Waals surface area contributed by atoms with Crippen molar-refractivity contribution in [2.24, 2.45) is 0 Å². The van der Waals surface area contributed by atoms with E-state index in [0.717, 1.165) is 70.3 Å². The molecule has 8 heteroatoms. The van der Waals surface area contributed by atoms with Crippen molar-refractivity contribution >= 4 is 26.7 Å². The smallest absolute Gasteiger partial charge is 0.184 e. The Labute approximate surface area is 184 Å². The van der Waals surface area contributed by atoms with Crippen LogP contribution in [-0.4, -0.2) is 37.0 Å². The van der Waals surface area contributed by atoms with Crippen LogP contribution < -0.4 is 10.1 Å². The molecule has 3 aromatic heterocycles. The summed E-state index contributed by atoms with van der Waals surface area (Å²) in [4.78, 5) is 9.12. The summed E-state index contributed by atoms with van der Waals surface area (Å²) in [7, 11) is 0. The average Bonchev–Trinajstić information content (AvgIpc) is 3.42. The van der Waals surface area contributed by atoms with E-state index in [1.807, 2.05) is 47.4 Å². The fourth-order valence-electron chi connectivity index (χ4n) is 3.91. The van der Waals surface area contributed by atoms with E-state index >= 15 is 0 Å². The molecule has 0 aliphatic heterocycles. The molecule has 31 heavy (non-hydrogen) atoms. The van der Waals surface area contributed by atoms with Crippen molar-refractivity contribution in [3.8, 4) is 22.8 Å². The van der Waals surface area contributed by atoms with Gasteiger partial charge < -0.3 is 15.2 Å². The van der Waals surface area contributed by atoms with E-state index in [0.29, 0.717) is 0 Å². The molecule has 2 atom stereocenters. The lowest BCUT2D eigenvalue weighted by Crippen LogP contribution is -2.36. The standard InChI is InChI=1S/C23H25N5O2S/c1-2-28-14-15(13-25-28)20-11-17(9-10-24-20)30-16-7-8-19-22(12-16)31-23(27-19)26-18-5-3-4-6-21(18)29/h7-14,18,21,29H,2-6H2,1H3,(H,26,27)/t18-,21-/m0/s1. The normalized spacial score (nSPS) is 18.9. The third kappa shape index (κ3) is 4.40. The highest BCUT2D eigenvalue weighted by atomic mass is 32.1. The number of hydrogen-bond donors (Lipinski definition) is 2. The zero-order valence-corrected chi connectivity index (χ0v) is 18.2. The van der Waals surface area contributed by atoms with Crippen molar-refractivity contribution < 1.29 is 9.84 Å². The molecule has 0 spiro atoms. The minimum Gasteiger partial charge on any atom is -0.457 e. The van der Waals surface area contributed by atoms with E-state index in [-0.39, 0.29) is 12.1 Å². The third-order valence-corrected chi connectivity index (χ3v) is 6.57. The van der Waals surface area contributed by atoms with Gasteiger partial charge in [0.15, 0.2) is 5.13 Å². The van der Waals surface area contributed by atoms with Gasteiger partial charge in [0.1, 0.15) is 11.5 Å². The quantitative estimate of drug-likeness (QED) is 0.439. The highest BCUT2D eigenvalue weighted by molar-refractivity contribution is 7.22. The Morgan fingerprint density at radius 3 is 2.90 bits per heavy atom. The molecule has 1 aliphatic rings. The highest BCUT2D eigenvalue weighted by Gasteiger charge is 2.23. The summed E-state index contributed by atoms with van der Waals surface area (Å²) in [6.45, 7) is 2.87. The van der Waals surface area contributed by atoms with Crippen molar-refractivity contribution in [2.45, 2.75) is 51.3 Å². The van der Waals surface area contributed by atoms with Gasteiger partial charge in [-0.25, -0.2) is 4.98 Å². The lowest BCUT2D eigenvalue weighted by atomic mass is 9.93. The van der Waals surface area contributed by atoms with Crippen molar-refractivity contribution in [3.63, 3.8) is 0 Å². The molecule has 0 amide bonds. The average molecular weight is 436 g/mol. The predicted molar refractivity (Wildman–Crippen MR) is 123 cm³/mol. The topological polar surface area (TPSA) is 85.1 Å². The van der Waals surface area contributed by atoms with Crippen LogP contribution in [-0.2, 0) is 6.54 Å². The van der Waals surface area contributed by atoms with E-state index < -0.39 is 0 Å². The molecule has 0 unspecified atom stereocenters. The molecular weight excluding hydrogens is 410 g/mol. The van der Waals surface area contributed by atoms with Gasteiger partial charge in [-0.05, 0) is 38.0 Å². The molecular formula is C23H25N5O2S. The predicted octanol–water partition coefficient (Wildman–Crippen LogP) is 5.08. The van der Waals surface area contributed by atoms with E-state index in [2.05, 4.69) is 27.3 Å². The van der Waals surface area contributed by atoms with Crippen LogP contribution >= 0.6 is 11.3 Å². The summed E-state index contributed by atoms with van der Waals surface area (Å²) >= 11 is 1.59. The Kier molecular flexibility index (Phi) is 5.57. The van der Waals surface area contributed by atoms with Gasteiger partial charge in [0.25, 0.3) is 0 Å². The van der Waals surface area contributed by atoms with Crippen LogP contribution in [0.15, 0.2) is 48.9 Å². The van der Waals surface area contributed by atoms with Crippen LogP contribution in [0.2, 0.25) is 0 Å². The Morgan fingerprint density at radius 2 is 2.06 bits per heavy atom. The number of rotatable bonds is 6. The third-order valence-electron chi connectivity index (χ3n) is 5.62. The van der Waals surface area contributed by atoms with Crippen LogP contribution in [0, 0.1) is 0 Å². The lowest BCUT2D eigenvalue weighted by Gasteiger charge is -2.27. The number of aliphatic hydroxyl groups excluding tert-OH is 1. The van der Waals surface area contributed by atoms with Gasteiger partial charge in [-0.1, -0.05) is 24.2 Å². The number of aromatic nitrogens is 4. The van der Waals surface area contributed by atoms with Crippen molar-refractivity contribution in [1.29, 1.82) is 0 Å². The molecule has 1 fully saturated rings. The Hall–Kier alpha value is -2.97. The Bertz CT molecular complexity index is 1190. The van der Waals surface area contributed by atoms with Gasteiger partial charge in [0.2, 0.25) is 0 Å². The molecule has 1 saturated carbocycles. The number of fused-ring (bicyclic) bond motifs is 1. The number of aliphatic hydroxyl groups is 1. The summed E-state index contributed by atoms with van der Waals surface area (Å²) in [6, 6.07) is 9.75.